The average molecular weight is 251 g/mol. The summed E-state index contributed by atoms with van der Waals surface area (Å²) in [5.74, 6) is 0.321. The van der Waals surface area contributed by atoms with E-state index in [0.29, 0.717) is 17.6 Å². The summed E-state index contributed by atoms with van der Waals surface area (Å²) in [6, 6.07) is 1.89. The van der Waals surface area contributed by atoms with Gasteiger partial charge in [-0.25, -0.2) is 0 Å². The van der Waals surface area contributed by atoms with Gasteiger partial charge in [0, 0.05) is 32.2 Å². The SMILES string of the molecule is CCN1CCC(N(C)C(=O)c2cc(N)n[nH]2)CC1. The lowest BCUT2D eigenvalue weighted by Crippen LogP contribution is -2.45. The fourth-order valence-electron chi connectivity index (χ4n) is 2.43. The van der Waals surface area contributed by atoms with Gasteiger partial charge in [-0.05, 0) is 19.4 Å². The first-order valence-corrected chi connectivity index (χ1v) is 6.42. The first-order chi connectivity index (χ1) is 8.61. The largest absolute Gasteiger partial charge is 0.382 e. The normalized spacial score (nSPS) is 17.9. The number of anilines is 1. The number of H-pyrrole nitrogens is 1. The van der Waals surface area contributed by atoms with E-state index in [-0.39, 0.29) is 5.91 Å². The molecule has 0 atom stereocenters. The van der Waals surface area contributed by atoms with E-state index in [4.69, 9.17) is 5.73 Å². The Labute approximate surface area is 107 Å². The molecule has 18 heavy (non-hydrogen) atoms. The Morgan fingerprint density at radius 2 is 2.28 bits per heavy atom. The van der Waals surface area contributed by atoms with E-state index < -0.39 is 0 Å². The molecule has 0 radical (unpaired) electrons. The topological polar surface area (TPSA) is 78.2 Å². The molecule has 1 aromatic rings. The number of nitrogens with two attached hydrogens (primary N) is 1. The lowest BCUT2D eigenvalue weighted by atomic mass is 10.0. The molecule has 100 valence electrons. The lowest BCUT2D eigenvalue weighted by Gasteiger charge is -2.36. The van der Waals surface area contributed by atoms with E-state index in [0.717, 1.165) is 32.5 Å². The molecular formula is C12H21N5O. The minimum Gasteiger partial charge on any atom is -0.382 e. The van der Waals surface area contributed by atoms with Gasteiger partial charge < -0.3 is 15.5 Å². The summed E-state index contributed by atoms with van der Waals surface area (Å²) in [6.45, 7) is 5.37. The van der Waals surface area contributed by atoms with Crippen LogP contribution in [0.4, 0.5) is 5.82 Å². The second kappa shape index (κ2) is 5.39. The molecule has 0 unspecified atom stereocenters. The van der Waals surface area contributed by atoms with Crippen molar-refractivity contribution in [3.8, 4) is 0 Å². The monoisotopic (exact) mass is 251 g/mol. The minimum absolute atomic E-state index is 0.0332. The van der Waals surface area contributed by atoms with Crippen LogP contribution in [0.15, 0.2) is 6.07 Å². The Hall–Kier alpha value is -1.56. The summed E-state index contributed by atoms with van der Waals surface area (Å²) in [5, 5.41) is 6.46. The van der Waals surface area contributed by atoms with Gasteiger partial charge >= 0.3 is 0 Å². The minimum atomic E-state index is -0.0332. The Bertz CT molecular complexity index is 408. The molecule has 0 aromatic carbocycles. The van der Waals surface area contributed by atoms with Crippen molar-refractivity contribution >= 4 is 11.7 Å². The molecule has 2 heterocycles. The van der Waals surface area contributed by atoms with Crippen molar-refractivity contribution in [1.82, 2.24) is 20.0 Å². The maximum Gasteiger partial charge on any atom is 0.271 e. The van der Waals surface area contributed by atoms with Crippen molar-refractivity contribution < 1.29 is 4.79 Å². The van der Waals surface area contributed by atoms with E-state index in [1.54, 1.807) is 11.0 Å². The molecule has 0 aliphatic carbocycles. The van der Waals surface area contributed by atoms with Gasteiger partial charge in [0.25, 0.3) is 5.91 Å². The number of nitrogen functional groups attached to an aromatic ring is 1. The van der Waals surface area contributed by atoms with Crippen molar-refractivity contribution in [2.45, 2.75) is 25.8 Å². The lowest BCUT2D eigenvalue weighted by molar-refractivity contribution is 0.0641. The standard InChI is InChI=1S/C12H21N5O/c1-3-17-6-4-9(5-7-17)16(2)12(18)10-8-11(13)15-14-10/h8-9H,3-7H2,1-2H3,(H3,13,14,15). The van der Waals surface area contributed by atoms with E-state index in [2.05, 4.69) is 22.0 Å². The second-order valence-corrected chi connectivity index (χ2v) is 4.79. The molecule has 2 rings (SSSR count). The Morgan fingerprint density at radius 3 is 2.78 bits per heavy atom. The number of carbonyl (C=O) groups excluding carboxylic acids is 1. The third-order valence-electron chi connectivity index (χ3n) is 3.70. The van der Waals surface area contributed by atoms with Crippen LogP contribution in [0.3, 0.4) is 0 Å². The molecule has 1 aliphatic rings. The van der Waals surface area contributed by atoms with Crippen LogP contribution < -0.4 is 5.73 Å². The summed E-state index contributed by atoms with van der Waals surface area (Å²) in [4.78, 5) is 16.4. The molecule has 1 fully saturated rings. The van der Waals surface area contributed by atoms with Gasteiger partial charge in [-0.2, -0.15) is 5.10 Å². The molecule has 1 amide bonds. The summed E-state index contributed by atoms with van der Waals surface area (Å²) in [7, 11) is 1.85. The second-order valence-electron chi connectivity index (χ2n) is 4.79. The van der Waals surface area contributed by atoms with Crippen molar-refractivity contribution in [3.63, 3.8) is 0 Å². The quantitative estimate of drug-likeness (QED) is 0.822. The molecule has 1 aromatic heterocycles. The van der Waals surface area contributed by atoms with Crippen LogP contribution in [0.25, 0.3) is 0 Å². The molecule has 6 heteroatoms. The Kier molecular flexibility index (Phi) is 3.86. The van der Waals surface area contributed by atoms with E-state index in [1.807, 2.05) is 7.05 Å². The fraction of sp³-hybridized carbons (Fsp3) is 0.667. The third kappa shape index (κ3) is 2.64. The zero-order valence-corrected chi connectivity index (χ0v) is 11.0. The Balaban J connectivity index is 1.95. The van der Waals surface area contributed by atoms with Crippen LogP contribution in [0.2, 0.25) is 0 Å². The van der Waals surface area contributed by atoms with Gasteiger partial charge in [-0.3, -0.25) is 9.89 Å². The maximum absolute atomic E-state index is 12.2. The number of rotatable bonds is 3. The van der Waals surface area contributed by atoms with Crippen LogP contribution in [-0.4, -0.2) is 58.6 Å². The van der Waals surface area contributed by atoms with E-state index in [1.165, 1.54) is 0 Å². The summed E-state index contributed by atoms with van der Waals surface area (Å²) in [6.07, 6.45) is 2.05. The van der Waals surface area contributed by atoms with Gasteiger partial charge in [0.15, 0.2) is 0 Å². The van der Waals surface area contributed by atoms with Gasteiger partial charge in [0.05, 0.1) is 0 Å². The van der Waals surface area contributed by atoms with Crippen molar-refractivity contribution in [2.75, 3.05) is 32.4 Å². The molecular weight excluding hydrogens is 230 g/mol. The zero-order valence-electron chi connectivity index (χ0n) is 11.0. The third-order valence-corrected chi connectivity index (χ3v) is 3.70. The van der Waals surface area contributed by atoms with Crippen LogP contribution in [0.1, 0.15) is 30.3 Å². The van der Waals surface area contributed by atoms with E-state index >= 15 is 0 Å². The highest BCUT2D eigenvalue weighted by Gasteiger charge is 2.26. The summed E-state index contributed by atoms with van der Waals surface area (Å²) < 4.78 is 0. The van der Waals surface area contributed by atoms with Crippen LogP contribution >= 0.6 is 0 Å². The number of amides is 1. The highest BCUT2D eigenvalue weighted by atomic mass is 16.2. The van der Waals surface area contributed by atoms with Crippen LogP contribution in [0, 0.1) is 0 Å². The van der Waals surface area contributed by atoms with Gasteiger partial charge in [0.1, 0.15) is 11.5 Å². The zero-order chi connectivity index (χ0) is 13.1. The molecule has 0 bridgehead atoms. The van der Waals surface area contributed by atoms with Gasteiger partial charge in [-0.15, -0.1) is 0 Å². The van der Waals surface area contributed by atoms with Gasteiger partial charge in [-0.1, -0.05) is 6.92 Å². The first kappa shape index (κ1) is 12.9. The highest BCUT2D eigenvalue weighted by molar-refractivity contribution is 5.93. The van der Waals surface area contributed by atoms with Crippen LogP contribution in [0.5, 0.6) is 0 Å². The van der Waals surface area contributed by atoms with Crippen LogP contribution in [-0.2, 0) is 0 Å². The number of piperidine rings is 1. The summed E-state index contributed by atoms with van der Waals surface area (Å²) in [5.41, 5.74) is 5.98. The smallest absolute Gasteiger partial charge is 0.271 e. The molecule has 6 nitrogen and oxygen atoms in total. The van der Waals surface area contributed by atoms with Crippen molar-refractivity contribution in [3.05, 3.63) is 11.8 Å². The molecule has 1 saturated heterocycles. The predicted octanol–water partition coefficient (Wildman–Crippen LogP) is 0.548. The molecule has 0 spiro atoms. The predicted molar refractivity (Wildman–Crippen MR) is 70.2 cm³/mol. The average Bonchev–Trinajstić information content (AvgIpc) is 2.84. The number of carbonyl (C=O) groups is 1. The number of hydrogen-bond acceptors (Lipinski definition) is 4. The summed E-state index contributed by atoms with van der Waals surface area (Å²) >= 11 is 0. The molecule has 0 saturated carbocycles. The highest BCUT2D eigenvalue weighted by Crippen LogP contribution is 2.17. The van der Waals surface area contributed by atoms with Crippen molar-refractivity contribution in [1.29, 1.82) is 0 Å². The number of nitrogens with one attached hydrogen (secondary N) is 1. The number of aromatic amines is 1. The first-order valence-electron chi connectivity index (χ1n) is 6.42. The number of likely N-dealkylation sites (tertiary alicyclic amines) is 1. The molecule has 1 aliphatic heterocycles. The fourth-order valence-corrected chi connectivity index (χ4v) is 2.43. The number of nitrogens with zero attached hydrogens (tertiary/aromatic N) is 3. The van der Waals surface area contributed by atoms with Crippen molar-refractivity contribution in [2.24, 2.45) is 0 Å². The van der Waals surface area contributed by atoms with E-state index in [9.17, 15) is 4.79 Å². The number of hydrogen-bond donors (Lipinski definition) is 2. The van der Waals surface area contributed by atoms with Gasteiger partial charge in [0.2, 0.25) is 0 Å². The number of aromatic nitrogens is 2. The maximum atomic E-state index is 12.2. The molecule has 3 N–H and O–H groups in total. The Morgan fingerprint density at radius 1 is 1.61 bits per heavy atom.